The Morgan fingerprint density at radius 2 is 1.59 bits per heavy atom. The molecule has 1 saturated heterocycles. The van der Waals surface area contributed by atoms with Gasteiger partial charge in [0.25, 0.3) is 0 Å². The van der Waals surface area contributed by atoms with Crippen LogP contribution in [0.2, 0.25) is 0 Å². The molecule has 0 unspecified atom stereocenters. The highest BCUT2D eigenvalue weighted by molar-refractivity contribution is 5.95. The summed E-state index contributed by atoms with van der Waals surface area (Å²) in [5.41, 5.74) is -7.21. The normalized spacial score (nSPS) is 32.4. The summed E-state index contributed by atoms with van der Waals surface area (Å²) in [5.74, 6) is -6.79. The van der Waals surface area contributed by atoms with Crippen molar-refractivity contribution in [3.05, 3.63) is 95.1 Å². The summed E-state index contributed by atoms with van der Waals surface area (Å²) < 4.78 is 30.2. The lowest BCUT2D eigenvalue weighted by Gasteiger charge is -2.67. The van der Waals surface area contributed by atoms with Gasteiger partial charge in [-0.25, -0.2) is 9.59 Å². The molecule has 0 aromatic heterocycles. The Hall–Kier alpha value is -5.22. The highest BCUT2D eigenvalue weighted by Crippen LogP contribution is 2.64. The molecule has 11 atom stereocenters. The first-order chi connectivity index (χ1) is 28.7. The first-order valence-corrected chi connectivity index (χ1v) is 20.5. The monoisotopic (exact) mass is 845 g/mol. The molecular formula is C46H55NO14. The third-order valence-corrected chi connectivity index (χ3v) is 13.2. The smallest absolute Gasteiger partial charge is 0.338 e. The predicted octanol–water partition coefficient (Wildman–Crippen LogP) is 3.78. The number of nitrogens with one attached hydrogen (secondary N) is 1. The summed E-state index contributed by atoms with van der Waals surface area (Å²) in [4.78, 5) is 82.9. The Balaban J connectivity index is 1.53. The maximum Gasteiger partial charge on any atom is 0.338 e. The van der Waals surface area contributed by atoms with Crippen molar-refractivity contribution in [1.82, 2.24) is 5.32 Å². The van der Waals surface area contributed by atoms with Crippen LogP contribution in [0.1, 0.15) is 96.1 Å². The van der Waals surface area contributed by atoms with E-state index in [0.29, 0.717) is 12.0 Å². The number of hydrogen-bond donors (Lipinski definition) is 4. The fourth-order valence-electron chi connectivity index (χ4n) is 9.93. The van der Waals surface area contributed by atoms with Crippen LogP contribution in [0.3, 0.4) is 0 Å². The van der Waals surface area contributed by atoms with Gasteiger partial charge in [-0.3, -0.25) is 19.2 Å². The van der Waals surface area contributed by atoms with Crippen molar-refractivity contribution in [2.24, 2.45) is 16.7 Å². The minimum Gasteiger partial charge on any atom is -0.456 e. The number of carbonyl (C=O) groups excluding carboxylic acids is 6. The van der Waals surface area contributed by atoms with E-state index in [1.54, 1.807) is 68.5 Å². The maximum atomic E-state index is 15.5. The summed E-state index contributed by atoms with van der Waals surface area (Å²) in [6.45, 7) is 9.94. The number of Topliss-reactive ketones (excluding diaryl/α,β-unsaturated/α-hetero) is 1. The fourth-order valence-corrected chi connectivity index (χ4v) is 9.93. The Bertz CT molecular complexity index is 2100. The Morgan fingerprint density at radius 1 is 0.951 bits per heavy atom. The van der Waals surface area contributed by atoms with Gasteiger partial charge in [0.2, 0.25) is 5.91 Å². The van der Waals surface area contributed by atoms with Crippen LogP contribution >= 0.6 is 0 Å². The lowest BCUT2D eigenvalue weighted by atomic mass is 9.44. The molecule has 1 heterocycles. The second-order valence-corrected chi connectivity index (χ2v) is 17.2. The number of carbonyl (C=O) groups is 6. The van der Waals surface area contributed by atoms with Crippen LogP contribution in [0.5, 0.6) is 0 Å². The van der Waals surface area contributed by atoms with Crippen LogP contribution in [0.4, 0.5) is 0 Å². The van der Waals surface area contributed by atoms with Crippen molar-refractivity contribution in [2.75, 3.05) is 6.61 Å². The highest BCUT2D eigenvalue weighted by atomic mass is 16.6. The van der Waals surface area contributed by atoms with Crippen molar-refractivity contribution < 1.29 is 67.8 Å². The molecule has 1 amide bonds. The summed E-state index contributed by atoms with van der Waals surface area (Å²) >= 11 is 0. The van der Waals surface area contributed by atoms with Gasteiger partial charge >= 0.3 is 23.9 Å². The quantitative estimate of drug-likeness (QED) is 0.103. The molecule has 1 aliphatic heterocycles. The summed E-state index contributed by atoms with van der Waals surface area (Å²) in [5, 5.41) is 40.0. The molecular weight excluding hydrogens is 790 g/mol. The van der Waals surface area contributed by atoms with Gasteiger partial charge < -0.3 is 44.3 Å². The van der Waals surface area contributed by atoms with Gasteiger partial charge in [0, 0.05) is 32.1 Å². The second-order valence-electron chi connectivity index (χ2n) is 17.2. The van der Waals surface area contributed by atoms with Crippen molar-refractivity contribution in [3.63, 3.8) is 0 Å². The molecule has 4 N–H and O–H groups in total. The number of benzene rings is 2. The maximum absolute atomic E-state index is 15.5. The van der Waals surface area contributed by atoms with E-state index in [2.05, 4.69) is 5.32 Å². The molecule has 3 fully saturated rings. The van der Waals surface area contributed by atoms with E-state index >= 15 is 4.79 Å². The highest BCUT2D eigenvalue weighted by Gasteiger charge is 2.78. The topological polar surface area (TPSA) is 221 Å². The van der Waals surface area contributed by atoms with Crippen molar-refractivity contribution >= 4 is 35.6 Å². The largest absolute Gasteiger partial charge is 0.456 e. The van der Waals surface area contributed by atoms with Gasteiger partial charge in [0.05, 0.1) is 35.6 Å². The van der Waals surface area contributed by atoms with E-state index in [-0.39, 0.29) is 29.7 Å². The lowest BCUT2D eigenvalue weighted by molar-refractivity contribution is -0.346. The van der Waals surface area contributed by atoms with E-state index in [9.17, 15) is 39.3 Å². The first kappa shape index (κ1) is 45.3. The number of amides is 1. The van der Waals surface area contributed by atoms with Crippen LogP contribution in [0, 0.1) is 16.7 Å². The molecule has 328 valence electrons. The van der Waals surface area contributed by atoms with Crippen LogP contribution in [0.15, 0.2) is 84.0 Å². The molecule has 6 rings (SSSR count). The zero-order valence-corrected chi connectivity index (χ0v) is 35.4. The van der Waals surface area contributed by atoms with Gasteiger partial charge in [-0.05, 0) is 55.2 Å². The second kappa shape index (κ2) is 17.3. The van der Waals surface area contributed by atoms with Crippen molar-refractivity contribution in [2.45, 2.75) is 128 Å². The van der Waals surface area contributed by atoms with Crippen LogP contribution in [-0.4, -0.2) is 105 Å². The van der Waals surface area contributed by atoms with Gasteiger partial charge in [-0.2, -0.15) is 0 Å². The molecule has 15 nitrogen and oxygen atoms in total. The number of aliphatic hydroxyl groups is 3. The van der Waals surface area contributed by atoms with E-state index in [1.807, 2.05) is 6.92 Å². The first-order valence-electron chi connectivity index (χ1n) is 20.5. The SMILES string of the molecule is CCC/C=C/C(=O)N[C@@H](c1ccccc1)[C@@H](O)C(=O)O[C@H]1C[C@@]2(O)[C@@H](OC(=O)c3ccccc3)[C@@H]3[C@]4(OC(C)=O)CO[C@@H]4C[C@H](O)[C@@]3(C)C(=O)[C@H](OC(C)=O)C(=C1C)C2(C)C. The van der Waals surface area contributed by atoms with Crippen molar-refractivity contribution in [1.29, 1.82) is 0 Å². The number of rotatable bonds is 12. The molecule has 0 radical (unpaired) electrons. The minimum atomic E-state index is -2.38. The third-order valence-electron chi connectivity index (χ3n) is 13.2. The number of ketones is 1. The van der Waals surface area contributed by atoms with E-state index in [0.717, 1.165) is 20.3 Å². The number of unbranched alkanes of at least 4 members (excludes halogenated alkanes) is 1. The number of esters is 4. The molecule has 2 aromatic carbocycles. The fraction of sp³-hybridized carbons (Fsp3) is 0.522. The van der Waals surface area contributed by atoms with Crippen LogP contribution < -0.4 is 5.32 Å². The number of fused-ring (bicyclic) bond motifs is 5. The molecule has 2 saturated carbocycles. The average Bonchev–Trinajstić information content (AvgIpc) is 3.21. The van der Waals surface area contributed by atoms with Gasteiger partial charge in [0.1, 0.15) is 23.9 Å². The molecule has 4 aliphatic rings. The number of hydrogen-bond acceptors (Lipinski definition) is 14. The molecule has 3 aliphatic carbocycles. The number of allylic oxidation sites excluding steroid dienone is 1. The number of aliphatic hydroxyl groups excluding tert-OH is 2. The zero-order valence-electron chi connectivity index (χ0n) is 35.4. The minimum absolute atomic E-state index is 0.00358. The third kappa shape index (κ3) is 7.92. The van der Waals surface area contributed by atoms with Crippen LogP contribution in [-0.2, 0) is 47.7 Å². The van der Waals surface area contributed by atoms with E-state index in [4.69, 9.17) is 23.7 Å². The van der Waals surface area contributed by atoms with Gasteiger partial charge in [-0.1, -0.05) is 81.8 Å². The van der Waals surface area contributed by atoms with Gasteiger partial charge in [0.15, 0.2) is 23.6 Å². The lowest BCUT2D eigenvalue weighted by Crippen LogP contribution is -2.82. The summed E-state index contributed by atoms with van der Waals surface area (Å²) in [6, 6.07) is 14.8. The van der Waals surface area contributed by atoms with Gasteiger partial charge in [-0.15, -0.1) is 0 Å². The van der Waals surface area contributed by atoms with E-state index < -0.39 is 113 Å². The molecule has 2 aromatic rings. The summed E-state index contributed by atoms with van der Waals surface area (Å²) in [6.07, 6.45) is -6.05. The van der Waals surface area contributed by atoms with Crippen LogP contribution in [0.25, 0.3) is 0 Å². The molecule has 0 spiro atoms. The predicted molar refractivity (Wildman–Crippen MR) is 216 cm³/mol. The molecule has 61 heavy (non-hydrogen) atoms. The standard InChI is InChI=1S/C46H55NO14/c1-8-9-12-21-33(51)47-35(28-17-13-10-14-18-28)36(52)42(55)59-30-23-46(56)40(60-41(54)29-19-15-11-16-20-29)38-44(7,31(50)22-32-45(38,24-57-32)61-27(4)49)39(53)37(58-26(3)48)34(25(30)2)43(46,5)6/h10-21,30-32,35-38,40,50,52,56H,8-9,22-24H2,1-7H3,(H,47,51)/b21-12+/t30-,31-,32+,35-,36+,37+,38-,40-,44+,45-,46+/m0/s1. The Labute approximate surface area is 354 Å². The average molecular weight is 846 g/mol. The molecule has 15 heteroatoms. The Kier molecular flexibility index (Phi) is 12.8. The van der Waals surface area contributed by atoms with E-state index in [1.165, 1.54) is 32.1 Å². The molecule has 2 bridgehead atoms. The number of ether oxygens (including phenoxy) is 5. The Morgan fingerprint density at radius 3 is 2.16 bits per heavy atom. The van der Waals surface area contributed by atoms with Crippen molar-refractivity contribution in [3.8, 4) is 0 Å². The zero-order chi connectivity index (χ0) is 44.7. The summed E-state index contributed by atoms with van der Waals surface area (Å²) in [7, 11) is 0.